The number of ether oxygens (including phenoxy) is 2. The van der Waals surface area contributed by atoms with E-state index in [2.05, 4.69) is 4.98 Å². The van der Waals surface area contributed by atoms with Crippen LogP contribution in [0, 0.1) is 5.82 Å². The van der Waals surface area contributed by atoms with Crippen molar-refractivity contribution in [1.82, 2.24) is 14.8 Å². The first-order valence-corrected chi connectivity index (χ1v) is 12.5. The molecule has 1 aromatic heterocycles. The number of benzene rings is 1. The van der Waals surface area contributed by atoms with Crippen molar-refractivity contribution in [2.24, 2.45) is 0 Å². The number of halogens is 1. The summed E-state index contributed by atoms with van der Waals surface area (Å²) in [5, 5.41) is 0. The molecule has 1 saturated heterocycles. The Labute approximate surface area is 212 Å². The summed E-state index contributed by atoms with van der Waals surface area (Å²) in [5.41, 5.74) is -0.115. The van der Waals surface area contributed by atoms with Gasteiger partial charge in [-0.15, -0.1) is 0 Å². The summed E-state index contributed by atoms with van der Waals surface area (Å²) >= 11 is 0. The van der Waals surface area contributed by atoms with Crippen LogP contribution in [0.2, 0.25) is 0 Å². The Morgan fingerprint density at radius 1 is 1.17 bits per heavy atom. The van der Waals surface area contributed by atoms with Gasteiger partial charge in [-0.05, 0) is 77.6 Å². The van der Waals surface area contributed by atoms with Crippen LogP contribution in [0.15, 0.2) is 42.6 Å². The molecule has 36 heavy (non-hydrogen) atoms. The zero-order valence-electron chi connectivity index (χ0n) is 22.0. The van der Waals surface area contributed by atoms with Gasteiger partial charge in [0.15, 0.2) is 0 Å². The molecule has 2 aliphatic rings. The highest BCUT2D eigenvalue weighted by Crippen LogP contribution is 2.37. The molecule has 2 amide bonds. The van der Waals surface area contributed by atoms with Crippen molar-refractivity contribution < 1.29 is 23.5 Å². The summed E-state index contributed by atoms with van der Waals surface area (Å²) in [6.45, 7) is 9.02. The SMILES string of the molecule is CN(C(=O)c1cccnc1C[C@@H]1OC(C)(C)N(C(=O)OC(C)(C)C)[C@@H]1Cc1ccccc1F)C1CC1. The van der Waals surface area contributed by atoms with Gasteiger partial charge in [0.1, 0.15) is 17.1 Å². The van der Waals surface area contributed by atoms with Gasteiger partial charge in [-0.25, -0.2) is 9.18 Å². The van der Waals surface area contributed by atoms with Crippen LogP contribution in [0.1, 0.15) is 69.1 Å². The number of carbonyl (C=O) groups is 2. The maximum atomic E-state index is 14.7. The number of hydrogen-bond donors (Lipinski definition) is 0. The number of pyridine rings is 1. The van der Waals surface area contributed by atoms with Gasteiger partial charge >= 0.3 is 6.09 Å². The van der Waals surface area contributed by atoms with E-state index in [0.717, 1.165) is 12.8 Å². The van der Waals surface area contributed by atoms with E-state index in [-0.39, 0.29) is 24.2 Å². The van der Waals surface area contributed by atoms with Crippen molar-refractivity contribution in [2.45, 2.75) is 89.8 Å². The molecule has 194 valence electrons. The monoisotopic (exact) mass is 497 g/mol. The van der Waals surface area contributed by atoms with Crippen LogP contribution in [-0.2, 0) is 22.3 Å². The molecule has 1 aliphatic carbocycles. The number of amides is 2. The molecule has 1 aliphatic heterocycles. The van der Waals surface area contributed by atoms with E-state index < -0.39 is 29.6 Å². The third-order valence-corrected chi connectivity index (χ3v) is 6.69. The first-order valence-electron chi connectivity index (χ1n) is 12.5. The molecule has 7 nitrogen and oxygen atoms in total. The molecule has 0 radical (unpaired) electrons. The van der Waals surface area contributed by atoms with Crippen molar-refractivity contribution in [3.05, 3.63) is 65.2 Å². The highest BCUT2D eigenvalue weighted by Gasteiger charge is 2.51. The van der Waals surface area contributed by atoms with Gasteiger partial charge in [-0.1, -0.05) is 18.2 Å². The molecule has 0 bridgehead atoms. The lowest BCUT2D eigenvalue weighted by molar-refractivity contribution is -0.0785. The number of hydrogen-bond acceptors (Lipinski definition) is 5. The van der Waals surface area contributed by atoms with Crippen molar-refractivity contribution in [3.63, 3.8) is 0 Å². The second kappa shape index (κ2) is 9.81. The summed E-state index contributed by atoms with van der Waals surface area (Å²) in [7, 11) is 1.82. The molecule has 2 aromatic rings. The molecule has 2 atom stereocenters. The van der Waals surface area contributed by atoms with E-state index in [4.69, 9.17) is 9.47 Å². The van der Waals surface area contributed by atoms with Gasteiger partial charge in [-0.2, -0.15) is 0 Å². The maximum absolute atomic E-state index is 14.7. The smallest absolute Gasteiger partial charge is 0.412 e. The lowest BCUT2D eigenvalue weighted by Gasteiger charge is -2.35. The van der Waals surface area contributed by atoms with E-state index in [1.54, 1.807) is 80.9 Å². The van der Waals surface area contributed by atoms with Gasteiger partial charge in [0.2, 0.25) is 0 Å². The molecule has 1 saturated carbocycles. The molecule has 0 unspecified atom stereocenters. The summed E-state index contributed by atoms with van der Waals surface area (Å²) in [6.07, 6.45) is 3.14. The Balaban J connectivity index is 1.68. The zero-order valence-corrected chi connectivity index (χ0v) is 22.0. The average molecular weight is 498 g/mol. The van der Waals surface area contributed by atoms with Gasteiger partial charge in [-0.3, -0.25) is 14.7 Å². The summed E-state index contributed by atoms with van der Waals surface area (Å²) in [4.78, 5) is 34.4. The molecule has 2 fully saturated rings. The van der Waals surface area contributed by atoms with Gasteiger partial charge in [0.05, 0.1) is 23.4 Å². The zero-order chi connectivity index (χ0) is 26.3. The molecule has 8 heteroatoms. The van der Waals surface area contributed by atoms with Crippen LogP contribution < -0.4 is 0 Å². The third-order valence-electron chi connectivity index (χ3n) is 6.69. The minimum absolute atomic E-state index is 0.0764. The molecule has 2 heterocycles. The maximum Gasteiger partial charge on any atom is 0.412 e. The van der Waals surface area contributed by atoms with Crippen LogP contribution in [0.4, 0.5) is 9.18 Å². The van der Waals surface area contributed by atoms with E-state index in [9.17, 15) is 14.0 Å². The normalized spacial score (nSPS) is 21.4. The standard InChI is InChI=1S/C28H36FN3O4/c1-27(2,3)36-26(34)32-23(16-18-10-7-8-12-21(18)29)24(35-28(32,4)5)17-22-20(11-9-15-30-22)25(33)31(6)19-13-14-19/h7-12,15,19,23-24H,13-14,16-17H2,1-6H3/t23-,24+/m1/s1. The van der Waals surface area contributed by atoms with Crippen LogP contribution in [0.5, 0.6) is 0 Å². The predicted octanol–water partition coefficient (Wildman–Crippen LogP) is 4.98. The molecular formula is C28H36FN3O4. The Bertz CT molecular complexity index is 1130. The number of nitrogens with zero attached hydrogens (tertiary/aromatic N) is 3. The Morgan fingerprint density at radius 3 is 2.50 bits per heavy atom. The van der Waals surface area contributed by atoms with Crippen LogP contribution in [-0.4, -0.2) is 63.3 Å². The van der Waals surface area contributed by atoms with Gasteiger partial charge in [0, 0.05) is 25.7 Å². The number of carbonyl (C=O) groups excluding carboxylic acids is 2. The second-order valence-electron chi connectivity index (χ2n) is 11.2. The molecular weight excluding hydrogens is 461 g/mol. The predicted molar refractivity (Wildman–Crippen MR) is 134 cm³/mol. The molecule has 0 N–H and O–H groups in total. The third kappa shape index (κ3) is 5.69. The van der Waals surface area contributed by atoms with Gasteiger partial charge in [0.25, 0.3) is 5.91 Å². The fourth-order valence-electron chi connectivity index (χ4n) is 4.83. The minimum atomic E-state index is -1.01. The Morgan fingerprint density at radius 2 is 1.86 bits per heavy atom. The fourth-order valence-corrected chi connectivity index (χ4v) is 4.83. The minimum Gasteiger partial charge on any atom is -0.444 e. The lowest BCUT2D eigenvalue weighted by Crippen LogP contribution is -2.51. The highest BCUT2D eigenvalue weighted by molar-refractivity contribution is 5.95. The topological polar surface area (TPSA) is 72.0 Å². The average Bonchev–Trinajstić information content (AvgIpc) is 3.59. The fraction of sp³-hybridized carbons (Fsp3) is 0.536. The molecule has 4 rings (SSSR count). The number of rotatable bonds is 6. The first kappa shape index (κ1) is 26.1. The first-order chi connectivity index (χ1) is 16.9. The largest absolute Gasteiger partial charge is 0.444 e. The van der Waals surface area contributed by atoms with Crippen molar-refractivity contribution in [2.75, 3.05) is 7.05 Å². The van der Waals surface area contributed by atoms with E-state index in [0.29, 0.717) is 23.2 Å². The number of aromatic nitrogens is 1. The van der Waals surface area contributed by atoms with E-state index >= 15 is 0 Å². The van der Waals surface area contributed by atoms with E-state index in [1.165, 1.54) is 6.07 Å². The van der Waals surface area contributed by atoms with Crippen molar-refractivity contribution >= 4 is 12.0 Å². The van der Waals surface area contributed by atoms with Crippen LogP contribution in [0.3, 0.4) is 0 Å². The summed E-state index contributed by atoms with van der Waals surface area (Å²) in [6, 6.07) is 9.80. The quantitative estimate of drug-likeness (QED) is 0.563. The van der Waals surface area contributed by atoms with E-state index in [1.807, 2.05) is 7.05 Å². The lowest BCUT2D eigenvalue weighted by atomic mass is 9.95. The second-order valence-corrected chi connectivity index (χ2v) is 11.2. The molecule has 1 aromatic carbocycles. The Kier molecular flexibility index (Phi) is 7.10. The summed E-state index contributed by atoms with van der Waals surface area (Å²) < 4.78 is 26.8. The Hall–Kier alpha value is -3.00. The molecule has 0 spiro atoms. The van der Waals surface area contributed by atoms with Crippen molar-refractivity contribution in [3.8, 4) is 0 Å². The van der Waals surface area contributed by atoms with Gasteiger partial charge < -0.3 is 14.4 Å². The van der Waals surface area contributed by atoms with Crippen molar-refractivity contribution in [1.29, 1.82) is 0 Å². The van der Waals surface area contributed by atoms with Crippen LogP contribution >= 0.6 is 0 Å². The summed E-state index contributed by atoms with van der Waals surface area (Å²) in [5.74, 6) is -0.419. The van der Waals surface area contributed by atoms with Crippen LogP contribution in [0.25, 0.3) is 0 Å². The highest BCUT2D eigenvalue weighted by atomic mass is 19.1.